The molecule has 2 saturated heterocycles. The third kappa shape index (κ3) is 6.85. The third-order valence-electron chi connectivity index (χ3n) is 6.85. The number of carbonyl (C=O) groups is 2. The first kappa shape index (κ1) is 27.0. The van der Waals surface area contributed by atoms with Gasteiger partial charge in [-0.3, -0.25) is 19.4 Å². The fourth-order valence-corrected chi connectivity index (χ4v) is 5.00. The lowest BCUT2D eigenvalue weighted by atomic mass is 10.1. The minimum Gasteiger partial charge on any atom is -0.494 e. The number of thiocarbonyl (C=S) groups is 1. The van der Waals surface area contributed by atoms with Crippen LogP contribution in [0.25, 0.3) is 0 Å². The van der Waals surface area contributed by atoms with Crippen LogP contribution in [0.15, 0.2) is 48.5 Å². The maximum Gasteiger partial charge on any atom is 0.256 e. The SMILES string of the molecule is CCCOc1ccc(NC(=O)C[C@@H]2C(=O)N(c3ccc(C)cc3)C(=S)N2CCN2CCN(C)CC2)cc1. The van der Waals surface area contributed by atoms with Crippen molar-refractivity contribution in [2.75, 3.05) is 63.1 Å². The highest BCUT2D eigenvalue weighted by atomic mass is 32.1. The largest absolute Gasteiger partial charge is 0.494 e. The Kier molecular flexibility index (Phi) is 9.13. The number of nitrogens with one attached hydrogen (secondary N) is 1. The summed E-state index contributed by atoms with van der Waals surface area (Å²) in [6, 6.07) is 14.4. The summed E-state index contributed by atoms with van der Waals surface area (Å²) in [4.78, 5) is 34.9. The van der Waals surface area contributed by atoms with Gasteiger partial charge in [0.1, 0.15) is 11.8 Å². The van der Waals surface area contributed by atoms with E-state index >= 15 is 0 Å². The molecule has 198 valence electrons. The van der Waals surface area contributed by atoms with Crippen molar-refractivity contribution in [3.05, 3.63) is 54.1 Å². The standard InChI is InChI=1S/C28H37N5O3S/c1-4-19-36-24-11-7-22(8-12-24)29-26(34)20-25-27(35)33(23-9-5-21(2)6-10-23)28(37)32(25)18-17-31-15-13-30(3)14-16-31/h5-12,25H,4,13-20H2,1-3H3,(H,29,34)/t25-/m1/s1. The molecule has 1 N–H and O–H groups in total. The number of benzene rings is 2. The topological polar surface area (TPSA) is 68.4 Å². The van der Waals surface area contributed by atoms with E-state index < -0.39 is 6.04 Å². The Morgan fingerprint density at radius 1 is 1.03 bits per heavy atom. The third-order valence-corrected chi connectivity index (χ3v) is 7.27. The minimum absolute atomic E-state index is 0.0260. The molecule has 0 saturated carbocycles. The van der Waals surface area contributed by atoms with Crippen LogP contribution in [0.5, 0.6) is 5.75 Å². The Balaban J connectivity index is 1.46. The summed E-state index contributed by atoms with van der Waals surface area (Å²) in [7, 11) is 2.13. The van der Waals surface area contributed by atoms with Crippen molar-refractivity contribution in [1.29, 1.82) is 0 Å². The van der Waals surface area contributed by atoms with E-state index in [2.05, 4.69) is 29.1 Å². The van der Waals surface area contributed by atoms with E-state index in [1.807, 2.05) is 60.4 Å². The van der Waals surface area contributed by atoms with E-state index in [0.717, 1.165) is 56.1 Å². The van der Waals surface area contributed by atoms with Gasteiger partial charge < -0.3 is 19.9 Å². The zero-order valence-electron chi connectivity index (χ0n) is 22.0. The lowest BCUT2D eigenvalue weighted by Gasteiger charge is -2.34. The van der Waals surface area contributed by atoms with Gasteiger partial charge in [0, 0.05) is 45.0 Å². The number of hydrogen-bond acceptors (Lipinski definition) is 6. The lowest BCUT2D eigenvalue weighted by molar-refractivity contribution is -0.124. The van der Waals surface area contributed by atoms with E-state index in [9.17, 15) is 9.59 Å². The fraction of sp³-hybridized carbons (Fsp3) is 0.464. The van der Waals surface area contributed by atoms with Crippen LogP contribution in [0.2, 0.25) is 0 Å². The van der Waals surface area contributed by atoms with Gasteiger partial charge in [-0.05, 0) is 69.0 Å². The second kappa shape index (κ2) is 12.5. The van der Waals surface area contributed by atoms with E-state index in [1.54, 1.807) is 4.90 Å². The molecule has 4 rings (SSSR count). The van der Waals surface area contributed by atoms with Crippen LogP contribution >= 0.6 is 12.2 Å². The van der Waals surface area contributed by atoms with Crippen LogP contribution in [0.4, 0.5) is 11.4 Å². The highest BCUT2D eigenvalue weighted by Crippen LogP contribution is 2.28. The maximum atomic E-state index is 13.6. The molecule has 9 heteroatoms. The average molecular weight is 524 g/mol. The molecule has 2 aromatic rings. The summed E-state index contributed by atoms with van der Waals surface area (Å²) in [5, 5.41) is 3.39. The zero-order chi connectivity index (χ0) is 26.4. The number of rotatable bonds is 10. The van der Waals surface area contributed by atoms with Gasteiger partial charge in [-0.2, -0.15) is 0 Å². The molecule has 2 fully saturated rings. The normalized spacial score (nSPS) is 18.9. The number of nitrogens with zero attached hydrogens (tertiary/aromatic N) is 4. The van der Waals surface area contributed by atoms with Crippen molar-refractivity contribution < 1.29 is 14.3 Å². The Bertz CT molecular complexity index is 1080. The molecule has 0 aromatic heterocycles. The van der Waals surface area contributed by atoms with Crippen molar-refractivity contribution in [3.63, 3.8) is 0 Å². The quantitative estimate of drug-likeness (QED) is 0.479. The van der Waals surface area contributed by atoms with Gasteiger partial charge in [0.2, 0.25) is 5.91 Å². The van der Waals surface area contributed by atoms with Crippen molar-refractivity contribution in [1.82, 2.24) is 14.7 Å². The summed E-state index contributed by atoms with van der Waals surface area (Å²) in [5.74, 6) is 0.379. The highest BCUT2D eigenvalue weighted by Gasteiger charge is 2.44. The molecule has 2 aromatic carbocycles. The lowest BCUT2D eigenvalue weighted by Crippen LogP contribution is -2.48. The van der Waals surface area contributed by atoms with Crippen molar-refractivity contribution in [2.45, 2.75) is 32.7 Å². The molecule has 0 radical (unpaired) electrons. The van der Waals surface area contributed by atoms with Gasteiger partial charge in [0.25, 0.3) is 5.91 Å². The Labute approximate surface area is 225 Å². The summed E-state index contributed by atoms with van der Waals surface area (Å²) < 4.78 is 5.62. The predicted molar refractivity (Wildman–Crippen MR) is 151 cm³/mol. The van der Waals surface area contributed by atoms with Crippen LogP contribution in [-0.4, -0.2) is 90.6 Å². The van der Waals surface area contributed by atoms with E-state index in [-0.39, 0.29) is 18.2 Å². The Morgan fingerprint density at radius 2 is 1.70 bits per heavy atom. The summed E-state index contributed by atoms with van der Waals surface area (Å²) >= 11 is 5.81. The molecule has 2 aliphatic rings. The van der Waals surface area contributed by atoms with Crippen LogP contribution in [0.3, 0.4) is 0 Å². The molecule has 2 aliphatic heterocycles. The second-order valence-corrected chi connectivity index (χ2v) is 10.1. The van der Waals surface area contributed by atoms with Gasteiger partial charge >= 0.3 is 0 Å². The van der Waals surface area contributed by atoms with Crippen LogP contribution in [0.1, 0.15) is 25.3 Å². The van der Waals surface area contributed by atoms with Gasteiger partial charge in [0.15, 0.2) is 5.11 Å². The molecule has 0 spiro atoms. The van der Waals surface area contributed by atoms with Gasteiger partial charge in [-0.25, -0.2) is 0 Å². The minimum atomic E-state index is -0.645. The average Bonchev–Trinajstić information content (AvgIpc) is 3.12. The smallest absolute Gasteiger partial charge is 0.256 e. The van der Waals surface area contributed by atoms with Crippen LogP contribution in [0, 0.1) is 6.92 Å². The number of hydrogen-bond donors (Lipinski definition) is 1. The second-order valence-electron chi connectivity index (χ2n) is 9.77. The van der Waals surface area contributed by atoms with Crippen molar-refractivity contribution in [2.24, 2.45) is 0 Å². The molecule has 8 nitrogen and oxygen atoms in total. The number of carbonyl (C=O) groups excluding carboxylic acids is 2. The van der Waals surface area contributed by atoms with E-state index in [1.165, 1.54) is 0 Å². The molecule has 0 aliphatic carbocycles. The fourth-order valence-electron chi connectivity index (χ4n) is 4.58. The molecule has 2 amide bonds. The van der Waals surface area contributed by atoms with E-state index in [0.29, 0.717) is 24.0 Å². The Hall–Kier alpha value is -3.01. The highest BCUT2D eigenvalue weighted by molar-refractivity contribution is 7.80. The molecule has 1 atom stereocenters. The first-order valence-corrected chi connectivity index (χ1v) is 13.4. The van der Waals surface area contributed by atoms with Crippen molar-refractivity contribution in [3.8, 4) is 5.75 Å². The van der Waals surface area contributed by atoms with Gasteiger partial charge in [-0.15, -0.1) is 0 Å². The molecule has 0 bridgehead atoms. The number of ether oxygens (including phenoxy) is 1. The van der Waals surface area contributed by atoms with Crippen LogP contribution < -0.4 is 15.0 Å². The number of piperazine rings is 1. The molecular formula is C28H37N5O3S. The number of aryl methyl sites for hydroxylation is 1. The monoisotopic (exact) mass is 523 g/mol. The summed E-state index contributed by atoms with van der Waals surface area (Å²) in [6.45, 7) is 10.1. The zero-order valence-corrected chi connectivity index (χ0v) is 22.8. The first-order valence-electron chi connectivity index (χ1n) is 13.0. The van der Waals surface area contributed by atoms with Crippen molar-refractivity contribution >= 4 is 40.5 Å². The maximum absolute atomic E-state index is 13.6. The molecular weight excluding hydrogens is 486 g/mol. The number of amides is 2. The van der Waals surface area contributed by atoms with Crippen LogP contribution in [-0.2, 0) is 9.59 Å². The summed E-state index contributed by atoms with van der Waals surface area (Å²) in [5.41, 5.74) is 2.51. The molecule has 37 heavy (non-hydrogen) atoms. The van der Waals surface area contributed by atoms with E-state index in [4.69, 9.17) is 17.0 Å². The number of likely N-dealkylation sites (N-methyl/N-ethyl adjacent to an activating group) is 1. The molecule has 2 heterocycles. The Morgan fingerprint density at radius 3 is 2.35 bits per heavy atom. The first-order chi connectivity index (χ1) is 17.9. The predicted octanol–water partition coefficient (Wildman–Crippen LogP) is 3.36. The van der Waals surface area contributed by atoms with Gasteiger partial charge in [0.05, 0.1) is 18.7 Å². The molecule has 0 unspecified atom stereocenters. The summed E-state index contributed by atoms with van der Waals surface area (Å²) in [6.07, 6.45) is 0.957. The number of anilines is 2. The van der Waals surface area contributed by atoms with Gasteiger partial charge in [-0.1, -0.05) is 24.6 Å².